The highest BCUT2D eigenvalue weighted by Crippen LogP contribution is 2.36. The van der Waals surface area contributed by atoms with Crippen LogP contribution in [0, 0.1) is 5.16 Å². The molecule has 0 amide bonds. The second-order valence-electron chi connectivity index (χ2n) is 2.62. The van der Waals surface area contributed by atoms with Gasteiger partial charge in [0.2, 0.25) is 0 Å². The lowest BCUT2D eigenvalue weighted by molar-refractivity contribution is 0.513. The van der Waals surface area contributed by atoms with Crippen LogP contribution in [-0.4, -0.2) is 5.66 Å². The van der Waals surface area contributed by atoms with E-state index in [1.165, 1.54) is 32.1 Å². The Morgan fingerprint density at radius 2 is 1.78 bits per heavy atom. The molecule has 0 aromatic carbocycles. The van der Waals surface area contributed by atoms with Gasteiger partial charge in [0.25, 0.3) is 0 Å². The molecule has 3 heteroatoms. The predicted octanol–water partition coefficient (Wildman–Crippen LogP) is 3.03. The lowest BCUT2D eigenvalue weighted by Crippen LogP contribution is -2.06. The summed E-state index contributed by atoms with van der Waals surface area (Å²) in [5.74, 6) is 0. The first kappa shape index (κ1) is 7.56. The molecule has 1 nitrogen and oxygen atoms in total. The minimum absolute atomic E-state index is 0.601. The fourth-order valence-corrected chi connectivity index (χ4v) is 2.78. The van der Waals surface area contributed by atoms with Crippen LogP contribution in [0.15, 0.2) is 0 Å². The summed E-state index contributed by atoms with van der Waals surface area (Å²) in [4.78, 5) is 0. The second kappa shape index (κ2) is 3.58. The Hall–Kier alpha value is 0.450. The van der Waals surface area contributed by atoms with E-state index in [2.05, 4.69) is 0 Å². The molecule has 1 unspecified atom stereocenters. The molecule has 0 saturated heterocycles. The zero-order valence-corrected chi connectivity index (χ0v) is 7.18. The molecule has 1 aliphatic carbocycles. The Balaban J connectivity index is 2.31. The maximum Gasteiger partial charge on any atom is 0.115 e. The van der Waals surface area contributed by atoms with E-state index in [1.807, 2.05) is 0 Å². The van der Waals surface area contributed by atoms with E-state index < -0.39 is 6.92 Å². The quantitative estimate of drug-likeness (QED) is 0.464. The first-order valence-electron chi connectivity index (χ1n) is 3.48. The van der Waals surface area contributed by atoms with E-state index in [-0.39, 0.29) is 0 Å². The van der Waals surface area contributed by atoms with Crippen LogP contribution >= 0.6 is 6.92 Å². The van der Waals surface area contributed by atoms with Crippen LogP contribution in [0.25, 0.3) is 0 Å². The molecule has 0 radical (unpaired) electrons. The van der Waals surface area contributed by atoms with Crippen LogP contribution in [0.3, 0.4) is 0 Å². The molecule has 0 bridgehead atoms. The van der Waals surface area contributed by atoms with E-state index in [0.717, 1.165) is 0 Å². The van der Waals surface area contributed by atoms with Gasteiger partial charge >= 0.3 is 0 Å². The SMILES string of the molecule is N=[P+]([S-])C1CCCCC1. The van der Waals surface area contributed by atoms with E-state index in [1.54, 1.807) is 0 Å². The van der Waals surface area contributed by atoms with Crippen molar-refractivity contribution >= 4 is 19.2 Å². The fraction of sp³-hybridized carbons (Fsp3) is 1.00. The molecule has 9 heavy (non-hydrogen) atoms. The minimum atomic E-state index is -0.785. The monoisotopic (exact) mass is 161 g/mol. The molecular formula is C6H12NPS. The molecule has 0 spiro atoms. The van der Waals surface area contributed by atoms with Gasteiger partial charge in [-0.2, -0.15) is 0 Å². The van der Waals surface area contributed by atoms with Crippen molar-refractivity contribution in [2.75, 3.05) is 0 Å². The molecule has 1 saturated carbocycles. The summed E-state index contributed by atoms with van der Waals surface area (Å²) < 4.78 is 0. The molecule has 1 fully saturated rings. The largest absolute Gasteiger partial charge is 0.469 e. The van der Waals surface area contributed by atoms with Crippen molar-refractivity contribution in [3.05, 3.63) is 0 Å². The predicted molar refractivity (Wildman–Crippen MR) is 43.9 cm³/mol. The molecular weight excluding hydrogens is 149 g/mol. The Morgan fingerprint density at radius 1 is 1.22 bits per heavy atom. The Kier molecular flexibility index (Phi) is 3.00. The van der Waals surface area contributed by atoms with Gasteiger partial charge in [-0.05, 0) is 25.7 Å². The Bertz CT molecular complexity index is 110. The van der Waals surface area contributed by atoms with Crippen LogP contribution in [0.1, 0.15) is 32.1 Å². The van der Waals surface area contributed by atoms with Crippen molar-refractivity contribution in [1.82, 2.24) is 0 Å². The van der Waals surface area contributed by atoms with Gasteiger partial charge in [-0.3, -0.25) is 0 Å². The van der Waals surface area contributed by atoms with Crippen molar-refractivity contribution in [2.24, 2.45) is 0 Å². The zero-order chi connectivity index (χ0) is 6.69. The first-order valence-corrected chi connectivity index (χ1v) is 5.91. The van der Waals surface area contributed by atoms with Gasteiger partial charge in [0.15, 0.2) is 0 Å². The van der Waals surface area contributed by atoms with Gasteiger partial charge in [-0.15, -0.1) is 5.16 Å². The fourth-order valence-electron chi connectivity index (χ4n) is 1.32. The minimum Gasteiger partial charge on any atom is -0.469 e. The average molecular weight is 161 g/mol. The summed E-state index contributed by atoms with van der Waals surface area (Å²) in [5, 5.41) is 7.35. The van der Waals surface area contributed by atoms with Crippen molar-refractivity contribution in [3.8, 4) is 0 Å². The first-order chi connectivity index (χ1) is 4.30. The van der Waals surface area contributed by atoms with Crippen molar-refractivity contribution in [1.29, 1.82) is 5.16 Å². The maximum absolute atomic E-state index is 7.35. The van der Waals surface area contributed by atoms with Gasteiger partial charge in [0.05, 0.1) is 6.92 Å². The van der Waals surface area contributed by atoms with Crippen LogP contribution < -0.4 is 0 Å². The third-order valence-corrected chi connectivity index (χ3v) is 3.98. The molecule has 1 aliphatic rings. The highest BCUT2D eigenvalue weighted by atomic mass is 32.7. The van der Waals surface area contributed by atoms with Crippen LogP contribution in [0.4, 0.5) is 0 Å². The molecule has 0 aromatic heterocycles. The van der Waals surface area contributed by atoms with Gasteiger partial charge in [0, 0.05) is 0 Å². The highest BCUT2D eigenvalue weighted by Gasteiger charge is 2.18. The van der Waals surface area contributed by atoms with Gasteiger partial charge in [-0.1, -0.05) is 6.42 Å². The lowest BCUT2D eigenvalue weighted by Gasteiger charge is -2.16. The third-order valence-electron chi connectivity index (χ3n) is 1.91. The molecule has 1 rings (SSSR count). The van der Waals surface area contributed by atoms with Gasteiger partial charge < -0.3 is 12.2 Å². The second-order valence-corrected chi connectivity index (χ2v) is 5.18. The summed E-state index contributed by atoms with van der Waals surface area (Å²) in [6, 6.07) is 0. The number of nitrogens with one attached hydrogen (secondary N) is 1. The Labute approximate surface area is 62.7 Å². The summed E-state index contributed by atoms with van der Waals surface area (Å²) in [7, 11) is 0. The number of hydrogen-bond donors (Lipinski definition) is 1. The zero-order valence-electron chi connectivity index (χ0n) is 5.47. The summed E-state index contributed by atoms with van der Waals surface area (Å²) in [6.45, 7) is -0.785. The molecule has 0 aliphatic heterocycles. The Morgan fingerprint density at radius 3 is 2.11 bits per heavy atom. The smallest absolute Gasteiger partial charge is 0.115 e. The highest BCUT2D eigenvalue weighted by molar-refractivity contribution is 8.28. The maximum atomic E-state index is 7.35. The van der Waals surface area contributed by atoms with Crippen molar-refractivity contribution in [3.63, 3.8) is 0 Å². The third kappa shape index (κ3) is 2.27. The van der Waals surface area contributed by atoms with E-state index in [4.69, 9.17) is 17.4 Å². The molecule has 52 valence electrons. The number of rotatable bonds is 1. The number of hydrogen-bond acceptors (Lipinski definition) is 2. The molecule has 1 N–H and O–H groups in total. The van der Waals surface area contributed by atoms with Crippen LogP contribution in [0.2, 0.25) is 0 Å². The van der Waals surface area contributed by atoms with Gasteiger partial charge in [-0.25, -0.2) is 0 Å². The summed E-state index contributed by atoms with van der Waals surface area (Å²) in [5.41, 5.74) is 0.601. The molecule has 0 aromatic rings. The summed E-state index contributed by atoms with van der Waals surface area (Å²) >= 11 is 4.93. The topological polar surface area (TPSA) is 23.9 Å². The van der Waals surface area contributed by atoms with E-state index >= 15 is 0 Å². The average Bonchev–Trinajstić information content (AvgIpc) is 1.90. The normalized spacial score (nSPS) is 23.9. The standard InChI is InChI=1S/C6H12NPS/c7-8(9)6-4-2-1-3-5-6/h6-7H,1-5H2. The van der Waals surface area contributed by atoms with E-state index in [9.17, 15) is 0 Å². The van der Waals surface area contributed by atoms with E-state index in [0.29, 0.717) is 5.66 Å². The van der Waals surface area contributed by atoms with Crippen LogP contribution in [0.5, 0.6) is 0 Å². The van der Waals surface area contributed by atoms with Crippen LogP contribution in [-0.2, 0) is 12.2 Å². The molecule has 1 atom stereocenters. The lowest BCUT2D eigenvalue weighted by atomic mass is 10.0. The van der Waals surface area contributed by atoms with Crippen molar-refractivity contribution < 1.29 is 0 Å². The van der Waals surface area contributed by atoms with Gasteiger partial charge in [0.1, 0.15) is 5.66 Å². The summed E-state index contributed by atoms with van der Waals surface area (Å²) in [6.07, 6.45) is 6.48. The van der Waals surface area contributed by atoms with Crippen molar-refractivity contribution in [2.45, 2.75) is 37.8 Å². The molecule has 0 heterocycles.